The molecule has 0 saturated heterocycles. The van der Waals surface area contributed by atoms with Crippen LogP contribution in [0.2, 0.25) is 5.02 Å². The minimum Gasteiger partial charge on any atom is -0.487 e. The molecule has 0 spiro atoms. The quantitative estimate of drug-likeness (QED) is 0.832. The predicted octanol–water partition coefficient (Wildman–Crippen LogP) is 4.75. The number of hydrogen-bond acceptors (Lipinski definition) is 2. The van der Waals surface area contributed by atoms with E-state index in [2.05, 4.69) is 0 Å². The molecule has 2 aromatic rings. The molecule has 0 aliphatic heterocycles. The lowest BCUT2D eigenvalue weighted by Crippen LogP contribution is -1.99. The highest BCUT2D eigenvalue weighted by atomic mass is 35.5. The van der Waals surface area contributed by atoms with Crippen molar-refractivity contribution in [1.82, 2.24) is 0 Å². The van der Waals surface area contributed by atoms with Gasteiger partial charge in [0.25, 0.3) is 0 Å². The summed E-state index contributed by atoms with van der Waals surface area (Å²) in [6, 6.07) is 15.4. The van der Waals surface area contributed by atoms with Crippen LogP contribution < -0.4 is 4.74 Å². The van der Waals surface area contributed by atoms with E-state index in [4.69, 9.17) is 16.3 Å². The molecule has 1 N–H and O–H groups in total. The van der Waals surface area contributed by atoms with Crippen molar-refractivity contribution in [2.75, 3.05) is 0 Å². The van der Waals surface area contributed by atoms with E-state index in [-0.39, 0.29) is 0 Å². The third kappa shape index (κ3) is 3.99. The minimum absolute atomic E-state index is 0.458. The van der Waals surface area contributed by atoms with E-state index in [1.54, 1.807) is 6.07 Å². The summed E-state index contributed by atoms with van der Waals surface area (Å²) in [6.45, 7) is 2.53. The van der Waals surface area contributed by atoms with Crippen molar-refractivity contribution in [2.24, 2.45) is 0 Å². The average Bonchev–Trinajstić information content (AvgIpc) is 2.47. The van der Waals surface area contributed by atoms with Gasteiger partial charge in [-0.3, -0.25) is 0 Å². The SMILES string of the molecule is CCCC(O)c1ccc(OCc2ccccc2)c(Cl)c1. The lowest BCUT2D eigenvalue weighted by Gasteiger charge is -2.13. The molecule has 0 heterocycles. The molecular weight excluding hydrogens is 272 g/mol. The zero-order valence-corrected chi connectivity index (χ0v) is 12.3. The van der Waals surface area contributed by atoms with Crippen LogP contribution in [-0.2, 0) is 6.61 Å². The zero-order valence-electron chi connectivity index (χ0n) is 11.6. The van der Waals surface area contributed by atoms with Gasteiger partial charge in [0.15, 0.2) is 0 Å². The highest BCUT2D eigenvalue weighted by molar-refractivity contribution is 6.32. The number of ether oxygens (including phenoxy) is 1. The van der Waals surface area contributed by atoms with Gasteiger partial charge in [-0.15, -0.1) is 0 Å². The van der Waals surface area contributed by atoms with Crippen molar-refractivity contribution in [3.05, 3.63) is 64.7 Å². The van der Waals surface area contributed by atoms with Gasteiger partial charge in [-0.2, -0.15) is 0 Å². The number of benzene rings is 2. The maximum absolute atomic E-state index is 9.94. The van der Waals surface area contributed by atoms with Gasteiger partial charge in [0.2, 0.25) is 0 Å². The average molecular weight is 291 g/mol. The Morgan fingerprint density at radius 3 is 2.55 bits per heavy atom. The molecule has 0 amide bonds. The van der Waals surface area contributed by atoms with Gasteiger partial charge >= 0.3 is 0 Å². The zero-order chi connectivity index (χ0) is 14.4. The molecule has 0 aliphatic carbocycles. The van der Waals surface area contributed by atoms with E-state index >= 15 is 0 Å². The molecule has 1 atom stereocenters. The molecule has 0 saturated carbocycles. The fourth-order valence-electron chi connectivity index (χ4n) is 2.02. The first-order valence-corrected chi connectivity index (χ1v) is 7.22. The number of aliphatic hydroxyl groups excluding tert-OH is 1. The van der Waals surface area contributed by atoms with Gasteiger partial charge in [-0.05, 0) is 29.7 Å². The molecule has 0 radical (unpaired) electrons. The Bertz CT molecular complexity index is 540. The van der Waals surface area contributed by atoms with Gasteiger partial charge in [0.1, 0.15) is 12.4 Å². The molecular formula is C17H19ClO2. The Kier molecular flexibility index (Phi) is 5.45. The van der Waals surface area contributed by atoms with Crippen LogP contribution in [0.5, 0.6) is 5.75 Å². The summed E-state index contributed by atoms with van der Waals surface area (Å²) in [6.07, 6.45) is 1.21. The predicted molar refractivity (Wildman–Crippen MR) is 82.1 cm³/mol. The first-order valence-electron chi connectivity index (χ1n) is 6.85. The Balaban J connectivity index is 2.02. The molecule has 0 aliphatic rings. The lowest BCUT2D eigenvalue weighted by atomic mass is 10.1. The Hall–Kier alpha value is -1.51. The second-order valence-corrected chi connectivity index (χ2v) is 5.18. The molecule has 2 nitrogen and oxygen atoms in total. The minimum atomic E-state index is -0.458. The number of hydrogen-bond donors (Lipinski definition) is 1. The third-order valence-corrected chi connectivity index (χ3v) is 3.44. The summed E-state index contributed by atoms with van der Waals surface area (Å²) in [5, 5.41) is 10.5. The lowest BCUT2D eigenvalue weighted by molar-refractivity contribution is 0.166. The van der Waals surface area contributed by atoms with E-state index in [1.807, 2.05) is 49.4 Å². The second-order valence-electron chi connectivity index (χ2n) is 4.77. The van der Waals surface area contributed by atoms with Crippen molar-refractivity contribution >= 4 is 11.6 Å². The highest BCUT2D eigenvalue weighted by Crippen LogP contribution is 2.29. The molecule has 2 aromatic carbocycles. The van der Waals surface area contributed by atoms with Crippen LogP contribution in [-0.4, -0.2) is 5.11 Å². The summed E-state index contributed by atoms with van der Waals surface area (Å²) < 4.78 is 5.70. The van der Waals surface area contributed by atoms with Crippen LogP contribution in [0, 0.1) is 0 Å². The summed E-state index contributed by atoms with van der Waals surface area (Å²) >= 11 is 6.20. The molecule has 20 heavy (non-hydrogen) atoms. The summed E-state index contributed by atoms with van der Waals surface area (Å²) in [7, 11) is 0. The fourth-order valence-corrected chi connectivity index (χ4v) is 2.26. The highest BCUT2D eigenvalue weighted by Gasteiger charge is 2.09. The summed E-state index contributed by atoms with van der Waals surface area (Å²) in [5.41, 5.74) is 1.93. The maximum atomic E-state index is 9.94. The van der Waals surface area contributed by atoms with Crippen LogP contribution >= 0.6 is 11.6 Å². The molecule has 2 rings (SSSR count). The monoisotopic (exact) mass is 290 g/mol. The smallest absolute Gasteiger partial charge is 0.138 e. The number of halogens is 1. The molecule has 0 aromatic heterocycles. The normalized spacial score (nSPS) is 12.2. The Morgan fingerprint density at radius 1 is 1.15 bits per heavy atom. The van der Waals surface area contributed by atoms with E-state index in [9.17, 15) is 5.11 Å². The topological polar surface area (TPSA) is 29.5 Å². The fraction of sp³-hybridized carbons (Fsp3) is 0.294. The molecule has 106 valence electrons. The number of rotatable bonds is 6. The van der Waals surface area contributed by atoms with Gasteiger partial charge in [0.05, 0.1) is 11.1 Å². The van der Waals surface area contributed by atoms with Crippen LogP contribution in [0.4, 0.5) is 0 Å². The Labute approximate surface area is 125 Å². The molecule has 0 fully saturated rings. The second kappa shape index (κ2) is 7.32. The van der Waals surface area contributed by atoms with Crippen LogP contribution in [0.15, 0.2) is 48.5 Å². The Morgan fingerprint density at radius 2 is 1.90 bits per heavy atom. The van der Waals surface area contributed by atoms with Gasteiger partial charge in [0, 0.05) is 0 Å². The molecule has 0 bridgehead atoms. The van der Waals surface area contributed by atoms with Crippen molar-refractivity contribution in [1.29, 1.82) is 0 Å². The molecule has 1 unspecified atom stereocenters. The summed E-state index contributed by atoms with van der Waals surface area (Å²) in [5.74, 6) is 0.642. The van der Waals surface area contributed by atoms with Gasteiger partial charge in [-0.25, -0.2) is 0 Å². The largest absolute Gasteiger partial charge is 0.487 e. The van der Waals surface area contributed by atoms with Crippen LogP contribution in [0.3, 0.4) is 0 Å². The van der Waals surface area contributed by atoms with Gasteiger partial charge in [-0.1, -0.05) is 61.3 Å². The summed E-state index contributed by atoms with van der Waals surface area (Å²) in [4.78, 5) is 0. The van der Waals surface area contributed by atoms with E-state index in [0.717, 1.165) is 24.0 Å². The maximum Gasteiger partial charge on any atom is 0.138 e. The van der Waals surface area contributed by atoms with E-state index in [0.29, 0.717) is 17.4 Å². The first-order chi connectivity index (χ1) is 9.70. The van der Waals surface area contributed by atoms with Gasteiger partial charge < -0.3 is 9.84 Å². The van der Waals surface area contributed by atoms with Crippen LogP contribution in [0.1, 0.15) is 37.0 Å². The number of aliphatic hydroxyl groups is 1. The van der Waals surface area contributed by atoms with E-state index < -0.39 is 6.10 Å². The van der Waals surface area contributed by atoms with E-state index in [1.165, 1.54) is 0 Å². The standard InChI is InChI=1S/C17H19ClO2/c1-2-6-16(19)14-9-10-17(15(18)11-14)20-12-13-7-4-3-5-8-13/h3-5,7-11,16,19H,2,6,12H2,1H3. The third-order valence-electron chi connectivity index (χ3n) is 3.14. The first kappa shape index (κ1) is 14.9. The van der Waals surface area contributed by atoms with Crippen LogP contribution in [0.25, 0.3) is 0 Å². The van der Waals surface area contributed by atoms with Crippen molar-refractivity contribution in [2.45, 2.75) is 32.5 Å². The van der Waals surface area contributed by atoms with Crippen molar-refractivity contribution < 1.29 is 9.84 Å². The van der Waals surface area contributed by atoms with Crippen molar-refractivity contribution in [3.8, 4) is 5.75 Å². The van der Waals surface area contributed by atoms with Crippen molar-refractivity contribution in [3.63, 3.8) is 0 Å². The molecule has 3 heteroatoms.